The van der Waals surface area contributed by atoms with Crippen LogP contribution in [0.25, 0.3) is 0 Å². The second-order valence-corrected chi connectivity index (χ2v) is 4.37. The van der Waals surface area contributed by atoms with Gasteiger partial charge >= 0.3 is 5.97 Å². The molecule has 1 aromatic carbocycles. The SMILES string of the molecule is Cc1cc(Br)c2c(c1)NC(C(=O)O)C2. The predicted molar refractivity (Wildman–Crippen MR) is 57.6 cm³/mol. The number of hydrogen-bond donors (Lipinski definition) is 2. The van der Waals surface area contributed by atoms with E-state index in [9.17, 15) is 4.79 Å². The summed E-state index contributed by atoms with van der Waals surface area (Å²) in [5.74, 6) is -0.800. The molecule has 0 spiro atoms. The van der Waals surface area contributed by atoms with E-state index in [0.717, 1.165) is 21.3 Å². The Morgan fingerprint density at radius 3 is 3.00 bits per heavy atom. The number of carbonyl (C=O) groups is 1. The van der Waals surface area contributed by atoms with E-state index in [1.807, 2.05) is 19.1 Å². The lowest BCUT2D eigenvalue weighted by molar-refractivity contribution is -0.137. The molecule has 2 N–H and O–H groups in total. The maximum absolute atomic E-state index is 10.8. The Morgan fingerprint density at radius 2 is 2.36 bits per heavy atom. The van der Waals surface area contributed by atoms with E-state index in [0.29, 0.717) is 6.42 Å². The topological polar surface area (TPSA) is 49.3 Å². The van der Waals surface area contributed by atoms with Crippen LogP contribution in [-0.4, -0.2) is 17.1 Å². The van der Waals surface area contributed by atoms with E-state index < -0.39 is 12.0 Å². The third-order valence-corrected chi connectivity index (χ3v) is 3.08. The number of benzene rings is 1. The van der Waals surface area contributed by atoms with E-state index in [2.05, 4.69) is 21.2 Å². The van der Waals surface area contributed by atoms with Crippen molar-refractivity contribution in [1.82, 2.24) is 0 Å². The Kier molecular flexibility index (Phi) is 2.23. The lowest BCUT2D eigenvalue weighted by Crippen LogP contribution is -2.26. The molecule has 0 aliphatic carbocycles. The summed E-state index contributed by atoms with van der Waals surface area (Å²) in [4.78, 5) is 10.8. The number of aliphatic carboxylic acids is 1. The highest BCUT2D eigenvalue weighted by atomic mass is 79.9. The number of aryl methyl sites for hydroxylation is 1. The smallest absolute Gasteiger partial charge is 0.326 e. The standard InChI is InChI=1S/C10H10BrNO2/c1-5-2-7(11)6-4-9(10(13)14)12-8(6)3-5/h2-3,9,12H,4H2,1H3,(H,13,14). The first-order valence-electron chi connectivity index (χ1n) is 4.36. The lowest BCUT2D eigenvalue weighted by Gasteiger charge is -2.04. The van der Waals surface area contributed by atoms with Crippen LogP contribution >= 0.6 is 15.9 Å². The molecule has 14 heavy (non-hydrogen) atoms. The number of rotatable bonds is 1. The molecule has 4 heteroatoms. The summed E-state index contributed by atoms with van der Waals surface area (Å²) >= 11 is 3.44. The number of carboxylic acid groups (broad SMARTS) is 1. The molecule has 1 aromatic rings. The number of carboxylic acids is 1. The van der Waals surface area contributed by atoms with Gasteiger partial charge in [-0.2, -0.15) is 0 Å². The van der Waals surface area contributed by atoms with Crippen molar-refractivity contribution in [2.75, 3.05) is 5.32 Å². The molecule has 74 valence electrons. The van der Waals surface area contributed by atoms with Crippen molar-refractivity contribution in [2.24, 2.45) is 0 Å². The zero-order valence-corrected chi connectivity index (χ0v) is 9.26. The summed E-state index contributed by atoms with van der Waals surface area (Å²) in [5, 5.41) is 11.9. The molecule has 1 aliphatic rings. The van der Waals surface area contributed by atoms with E-state index in [4.69, 9.17) is 5.11 Å². The van der Waals surface area contributed by atoms with Crippen LogP contribution in [0.3, 0.4) is 0 Å². The second-order valence-electron chi connectivity index (χ2n) is 3.51. The number of fused-ring (bicyclic) bond motifs is 1. The first-order chi connectivity index (χ1) is 6.58. The van der Waals surface area contributed by atoms with Gasteiger partial charge in [0.1, 0.15) is 6.04 Å². The van der Waals surface area contributed by atoms with Gasteiger partial charge in [0.25, 0.3) is 0 Å². The van der Waals surface area contributed by atoms with Gasteiger partial charge in [0.15, 0.2) is 0 Å². The zero-order chi connectivity index (χ0) is 10.3. The van der Waals surface area contributed by atoms with E-state index >= 15 is 0 Å². The Labute approximate surface area is 90.3 Å². The average molecular weight is 256 g/mol. The number of anilines is 1. The van der Waals surface area contributed by atoms with Gasteiger partial charge < -0.3 is 10.4 Å². The fraction of sp³-hybridized carbons (Fsp3) is 0.300. The number of hydrogen-bond acceptors (Lipinski definition) is 2. The molecule has 0 bridgehead atoms. The van der Waals surface area contributed by atoms with Gasteiger partial charge in [-0.25, -0.2) is 4.79 Å². The van der Waals surface area contributed by atoms with Crippen LogP contribution in [-0.2, 0) is 11.2 Å². The molecule has 1 atom stereocenters. The van der Waals surface area contributed by atoms with Gasteiger partial charge in [0.05, 0.1) is 0 Å². The molecular weight excluding hydrogens is 246 g/mol. The minimum Gasteiger partial charge on any atom is -0.480 e. The fourth-order valence-corrected chi connectivity index (χ4v) is 2.44. The first kappa shape index (κ1) is 9.52. The van der Waals surface area contributed by atoms with Gasteiger partial charge in [0, 0.05) is 16.6 Å². The molecule has 0 fully saturated rings. The maximum Gasteiger partial charge on any atom is 0.326 e. The Balaban J connectivity index is 2.39. The van der Waals surface area contributed by atoms with E-state index in [1.165, 1.54) is 0 Å². The molecule has 0 aromatic heterocycles. The van der Waals surface area contributed by atoms with Gasteiger partial charge in [-0.05, 0) is 30.2 Å². The highest BCUT2D eigenvalue weighted by molar-refractivity contribution is 9.10. The van der Waals surface area contributed by atoms with E-state index in [-0.39, 0.29) is 0 Å². The first-order valence-corrected chi connectivity index (χ1v) is 5.15. The average Bonchev–Trinajstić information content (AvgIpc) is 2.47. The van der Waals surface area contributed by atoms with Crippen LogP contribution in [0.4, 0.5) is 5.69 Å². The summed E-state index contributed by atoms with van der Waals surface area (Å²) in [7, 11) is 0. The molecule has 1 heterocycles. The van der Waals surface area contributed by atoms with Crippen molar-refractivity contribution >= 4 is 27.6 Å². The maximum atomic E-state index is 10.8. The molecule has 1 aliphatic heterocycles. The molecule has 3 nitrogen and oxygen atoms in total. The lowest BCUT2D eigenvalue weighted by atomic mass is 10.1. The van der Waals surface area contributed by atoms with Crippen LogP contribution in [0.5, 0.6) is 0 Å². The molecular formula is C10H10BrNO2. The highest BCUT2D eigenvalue weighted by Crippen LogP contribution is 2.33. The molecule has 2 rings (SSSR count). The Morgan fingerprint density at radius 1 is 1.64 bits per heavy atom. The van der Waals surface area contributed by atoms with Gasteiger partial charge in [0.2, 0.25) is 0 Å². The summed E-state index contributed by atoms with van der Waals surface area (Å²) < 4.78 is 0.990. The van der Waals surface area contributed by atoms with Crippen molar-refractivity contribution in [3.8, 4) is 0 Å². The normalized spacial score (nSPS) is 18.9. The Bertz CT molecular complexity index is 403. The molecule has 0 saturated carbocycles. The van der Waals surface area contributed by atoms with Crippen molar-refractivity contribution < 1.29 is 9.90 Å². The minimum absolute atomic E-state index is 0.483. The zero-order valence-electron chi connectivity index (χ0n) is 7.67. The van der Waals surface area contributed by atoms with Gasteiger partial charge in [-0.15, -0.1) is 0 Å². The van der Waals surface area contributed by atoms with Crippen LogP contribution in [0.15, 0.2) is 16.6 Å². The molecule has 0 amide bonds. The van der Waals surface area contributed by atoms with E-state index in [1.54, 1.807) is 0 Å². The second kappa shape index (κ2) is 3.28. The van der Waals surface area contributed by atoms with Crippen LogP contribution < -0.4 is 5.32 Å². The highest BCUT2D eigenvalue weighted by Gasteiger charge is 2.27. The molecule has 0 radical (unpaired) electrons. The van der Waals surface area contributed by atoms with Crippen molar-refractivity contribution in [3.63, 3.8) is 0 Å². The molecule has 0 saturated heterocycles. The Hall–Kier alpha value is -1.03. The summed E-state index contributed by atoms with van der Waals surface area (Å²) in [6.45, 7) is 1.99. The third kappa shape index (κ3) is 1.50. The largest absolute Gasteiger partial charge is 0.480 e. The molecule has 1 unspecified atom stereocenters. The van der Waals surface area contributed by atoms with Crippen LogP contribution in [0, 0.1) is 6.92 Å². The minimum atomic E-state index is -0.800. The van der Waals surface area contributed by atoms with Gasteiger partial charge in [-0.3, -0.25) is 0 Å². The number of halogens is 1. The number of nitrogens with one attached hydrogen (secondary N) is 1. The summed E-state index contributed by atoms with van der Waals surface area (Å²) in [5.41, 5.74) is 3.11. The summed E-state index contributed by atoms with van der Waals surface area (Å²) in [6.07, 6.45) is 0.547. The van der Waals surface area contributed by atoms with Gasteiger partial charge in [-0.1, -0.05) is 15.9 Å². The monoisotopic (exact) mass is 255 g/mol. The summed E-state index contributed by atoms with van der Waals surface area (Å²) in [6, 6.07) is 3.50. The third-order valence-electron chi connectivity index (χ3n) is 2.38. The van der Waals surface area contributed by atoms with Crippen molar-refractivity contribution in [2.45, 2.75) is 19.4 Å². The van der Waals surface area contributed by atoms with Crippen LogP contribution in [0.2, 0.25) is 0 Å². The van der Waals surface area contributed by atoms with Crippen molar-refractivity contribution in [1.29, 1.82) is 0 Å². The fourth-order valence-electron chi connectivity index (χ4n) is 1.70. The van der Waals surface area contributed by atoms with Crippen LogP contribution in [0.1, 0.15) is 11.1 Å². The van der Waals surface area contributed by atoms with Crippen molar-refractivity contribution in [3.05, 3.63) is 27.7 Å². The predicted octanol–water partition coefficient (Wildman–Crippen LogP) is 2.18. The quantitative estimate of drug-likeness (QED) is 0.809.